The highest BCUT2D eigenvalue weighted by molar-refractivity contribution is 7.16. The molecular weight excluding hydrogens is 478 g/mol. The van der Waals surface area contributed by atoms with Crippen LogP contribution in [-0.2, 0) is 11.2 Å². The van der Waals surface area contributed by atoms with E-state index in [0.717, 1.165) is 48.1 Å². The molecule has 0 spiro atoms. The Bertz CT molecular complexity index is 1280. The molecule has 0 bridgehead atoms. The third-order valence-electron chi connectivity index (χ3n) is 6.90. The van der Waals surface area contributed by atoms with Crippen molar-refractivity contribution >= 4 is 33.6 Å². The number of carbonyl (C=O) groups is 2. The van der Waals surface area contributed by atoms with Crippen LogP contribution in [0.4, 0.5) is 4.79 Å². The van der Waals surface area contributed by atoms with Gasteiger partial charge in [-0.2, -0.15) is 0 Å². The van der Waals surface area contributed by atoms with Crippen LogP contribution in [0.2, 0.25) is 0 Å². The summed E-state index contributed by atoms with van der Waals surface area (Å²) in [4.78, 5) is 42.5. The van der Waals surface area contributed by atoms with E-state index in [1.54, 1.807) is 11.0 Å². The quantitative estimate of drug-likeness (QED) is 0.347. The lowest BCUT2D eigenvalue weighted by atomic mass is 9.91. The lowest BCUT2D eigenvalue weighted by Gasteiger charge is -2.32. The summed E-state index contributed by atoms with van der Waals surface area (Å²) in [5.41, 5.74) is 2.20. The Morgan fingerprint density at radius 1 is 1.14 bits per heavy atom. The first kappa shape index (κ1) is 25.5. The van der Waals surface area contributed by atoms with Gasteiger partial charge in [0.05, 0.1) is 4.70 Å². The number of carboxylic acid groups (broad SMARTS) is 1. The standard InChI is InChI=1S/C27H31N3O5S/c1-2-23(32)30(20-10-6-7-11-20)15-14-29(27(34)35)17-19(16-18-8-4-3-5-9-18)21-12-13-22(31)24-25(21)36-26(33)28-24/h2-5,8-9,12-13,19-20,31H,1,6-7,10-11,14-17H2,(H,28,33)(H,34,35). The number of aromatic hydroxyl groups is 1. The minimum Gasteiger partial charge on any atom is -0.506 e. The Hall–Kier alpha value is -3.59. The zero-order valence-electron chi connectivity index (χ0n) is 20.1. The summed E-state index contributed by atoms with van der Waals surface area (Å²) in [6.45, 7) is 4.26. The van der Waals surface area contributed by atoms with Crippen LogP contribution in [0.1, 0.15) is 42.7 Å². The number of phenols is 1. The normalized spacial score (nSPS) is 14.6. The summed E-state index contributed by atoms with van der Waals surface area (Å²) in [6, 6.07) is 13.2. The van der Waals surface area contributed by atoms with Crippen LogP contribution in [0.15, 0.2) is 59.9 Å². The van der Waals surface area contributed by atoms with Crippen LogP contribution in [0, 0.1) is 0 Å². The molecule has 9 heteroatoms. The van der Waals surface area contributed by atoms with E-state index in [4.69, 9.17) is 0 Å². The highest BCUT2D eigenvalue weighted by Gasteiger charge is 2.28. The van der Waals surface area contributed by atoms with E-state index in [1.165, 1.54) is 17.0 Å². The number of benzene rings is 2. The van der Waals surface area contributed by atoms with E-state index >= 15 is 0 Å². The number of amides is 2. The van der Waals surface area contributed by atoms with Gasteiger partial charge in [0, 0.05) is 31.6 Å². The Labute approximate surface area is 213 Å². The molecule has 1 fully saturated rings. The van der Waals surface area contributed by atoms with Gasteiger partial charge in [0.25, 0.3) is 0 Å². The van der Waals surface area contributed by atoms with Gasteiger partial charge >= 0.3 is 11.0 Å². The molecule has 8 nitrogen and oxygen atoms in total. The van der Waals surface area contributed by atoms with Gasteiger partial charge in [0.1, 0.15) is 11.3 Å². The fourth-order valence-corrected chi connectivity index (χ4v) is 6.05. The van der Waals surface area contributed by atoms with Gasteiger partial charge in [0.15, 0.2) is 0 Å². The van der Waals surface area contributed by atoms with E-state index in [2.05, 4.69) is 11.6 Å². The number of aromatic amines is 1. The van der Waals surface area contributed by atoms with Crippen molar-refractivity contribution in [1.29, 1.82) is 0 Å². The SMILES string of the molecule is C=CC(=O)N(CCN(CC(Cc1ccccc1)c1ccc(O)c2[nH]c(=O)sc12)C(=O)O)C1CCCC1. The minimum atomic E-state index is -1.07. The summed E-state index contributed by atoms with van der Waals surface area (Å²) in [5.74, 6) is -0.464. The number of hydrogen-bond donors (Lipinski definition) is 3. The van der Waals surface area contributed by atoms with Crippen molar-refractivity contribution < 1.29 is 19.8 Å². The van der Waals surface area contributed by atoms with Crippen LogP contribution < -0.4 is 4.87 Å². The molecule has 36 heavy (non-hydrogen) atoms. The minimum absolute atomic E-state index is 0.0178. The molecule has 2 amide bonds. The van der Waals surface area contributed by atoms with E-state index in [9.17, 15) is 24.6 Å². The second-order valence-electron chi connectivity index (χ2n) is 9.18. The number of H-pyrrole nitrogens is 1. The lowest BCUT2D eigenvalue weighted by Crippen LogP contribution is -2.45. The van der Waals surface area contributed by atoms with Gasteiger partial charge in [-0.05, 0) is 42.5 Å². The van der Waals surface area contributed by atoms with Gasteiger partial charge in [-0.1, -0.05) is 67.2 Å². The molecule has 1 saturated carbocycles. The molecule has 1 heterocycles. The van der Waals surface area contributed by atoms with Crippen molar-refractivity contribution in [3.05, 3.63) is 75.9 Å². The molecule has 2 aromatic carbocycles. The number of nitrogens with zero attached hydrogens (tertiary/aromatic N) is 2. The second-order valence-corrected chi connectivity index (χ2v) is 10.2. The molecular formula is C27H31N3O5S. The summed E-state index contributed by atoms with van der Waals surface area (Å²) in [6.07, 6.45) is 4.73. The molecule has 0 aliphatic heterocycles. The molecule has 190 valence electrons. The molecule has 1 aliphatic carbocycles. The molecule has 1 aliphatic rings. The number of hydrogen-bond acceptors (Lipinski definition) is 5. The van der Waals surface area contributed by atoms with Gasteiger partial charge in [0.2, 0.25) is 5.91 Å². The molecule has 0 saturated heterocycles. The Balaban J connectivity index is 1.62. The summed E-state index contributed by atoms with van der Waals surface area (Å²) >= 11 is 1.01. The number of nitrogens with one attached hydrogen (secondary N) is 1. The molecule has 3 N–H and O–H groups in total. The first-order chi connectivity index (χ1) is 17.4. The van der Waals surface area contributed by atoms with E-state index < -0.39 is 6.09 Å². The predicted octanol–water partition coefficient (Wildman–Crippen LogP) is 4.56. The van der Waals surface area contributed by atoms with Crippen LogP contribution in [-0.4, -0.2) is 62.7 Å². The first-order valence-electron chi connectivity index (χ1n) is 12.2. The highest BCUT2D eigenvalue weighted by Crippen LogP contribution is 2.34. The molecule has 4 rings (SSSR count). The molecule has 1 atom stereocenters. The monoisotopic (exact) mass is 509 g/mol. The Morgan fingerprint density at radius 2 is 1.86 bits per heavy atom. The maximum atomic E-state index is 12.5. The smallest absolute Gasteiger partial charge is 0.407 e. The third-order valence-corrected chi connectivity index (χ3v) is 7.83. The number of carbonyl (C=O) groups excluding carboxylic acids is 1. The van der Waals surface area contributed by atoms with Crippen LogP contribution in [0.25, 0.3) is 10.2 Å². The fourth-order valence-electron chi connectivity index (χ4n) is 5.10. The molecule has 1 aromatic heterocycles. The van der Waals surface area contributed by atoms with E-state index in [-0.39, 0.29) is 41.6 Å². The summed E-state index contributed by atoms with van der Waals surface area (Å²) in [5, 5.41) is 20.3. The number of fused-ring (bicyclic) bond motifs is 1. The van der Waals surface area contributed by atoms with E-state index in [1.807, 2.05) is 30.3 Å². The van der Waals surface area contributed by atoms with Crippen LogP contribution in [0.3, 0.4) is 0 Å². The molecule has 1 unspecified atom stereocenters. The van der Waals surface area contributed by atoms with Gasteiger partial charge < -0.3 is 25.0 Å². The number of phenolic OH excluding ortho intramolecular Hbond substituents is 1. The summed E-state index contributed by atoms with van der Waals surface area (Å²) < 4.78 is 0.626. The van der Waals surface area contributed by atoms with Gasteiger partial charge in [-0.15, -0.1) is 0 Å². The van der Waals surface area contributed by atoms with Crippen molar-refractivity contribution in [3.63, 3.8) is 0 Å². The van der Waals surface area contributed by atoms with Crippen molar-refractivity contribution in [2.45, 2.75) is 44.1 Å². The van der Waals surface area contributed by atoms with Crippen molar-refractivity contribution in [3.8, 4) is 5.75 Å². The second kappa shape index (κ2) is 11.4. The average molecular weight is 510 g/mol. The third kappa shape index (κ3) is 5.79. The first-order valence-corrected chi connectivity index (χ1v) is 13.0. The van der Waals surface area contributed by atoms with Crippen LogP contribution >= 0.6 is 11.3 Å². The van der Waals surface area contributed by atoms with Gasteiger partial charge in [-0.3, -0.25) is 9.59 Å². The Kier molecular flexibility index (Phi) is 8.10. The topological polar surface area (TPSA) is 114 Å². The predicted molar refractivity (Wildman–Crippen MR) is 141 cm³/mol. The van der Waals surface area contributed by atoms with Gasteiger partial charge in [-0.25, -0.2) is 4.79 Å². The molecule has 3 aromatic rings. The number of thiazole rings is 1. The Morgan fingerprint density at radius 3 is 2.53 bits per heavy atom. The highest BCUT2D eigenvalue weighted by atomic mass is 32.1. The van der Waals surface area contributed by atoms with Crippen LogP contribution in [0.5, 0.6) is 5.75 Å². The number of aromatic nitrogens is 1. The fraction of sp³-hybridized carbons (Fsp3) is 0.370. The maximum Gasteiger partial charge on any atom is 0.407 e. The maximum absolute atomic E-state index is 12.5. The van der Waals surface area contributed by atoms with Crippen molar-refractivity contribution in [1.82, 2.24) is 14.8 Å². The van der Waals surface area contributed by atoms with Crippen molar-refractivity contribution in [2.75, 3.05) is 19.6 Å². The summed E-state index contributed by atoms with van der Waals surface area (Å²) in [7, 11) is 0. The average Bonchev–Trinajstić information content (AvgIpc) is 3.54. The number of rotatable bonds is 10. The van der Waals surface area contributed by atoms with E-state index in [0.29, 0.717) is 23.2 Å². The molecule has 0 radical (unpaired) electrons. The zero-order chi connectivity index (χ0) is 25.7. The zero-order valence-corrected chi connectivity index (χ0v) is 20.9. The lowest BCUT2D eigenvalue weighted by molar-refractivity contribution is -0.128. The van der Waals surface area contributed by atoms with Crippen molar-refractivity contribution in [2.24, 2.45) is 0 Å². The largest absolute Gasteiger partial charge is 0.506 e.